The van der Waals surface area contributed by atoms with Crippen molar-refractivity contribution >= 4 is 39.4 Å². The summed E-state index contributed by atoms with van der Waals surface area (Å²) in [6.45, 7) is 0. The number of halogens is 1. The SMILES string of the molecule is O=C(N/N=C\c1cc(Br)cs1)c1ccccc1O. The first-order valence-electron chi connectivity index (χ1n) is 5.02. The van der Waals surface area contributed by atoms with Crippen LogP contribution in [-0.4, -0.2) is 17.2 Å². The van der Waals surface area contributed by atoms with Crippen LogP contribution in [0.4, 0.5) is 0 Å². The first kappa shape index (κ1) is 12.8. The predicted molar refractivity (Wildman–Crippen MR) is 75.2 cm³/mol. The molecule has 2 aromatic rings. The number of nitrogens with zero attached hydrogens (tertiary/aromatic N) is 1. The van der Waals surface area contributed by atoms with E-state index in [1.165, 1.54) is 23.5 Å². The third-order valence-corrected chi connectivity index (χ3v) is 3.72. The number of phenols is 1. The lowest BCUT2D eigenvalue weighted by Gasteiger charge is -2.01. The van der Waals surface area contributed by atoms with Crippen molar-refractivity contribution in [3.63, 3.8) is 0 Å². The lowest BCUT2D eigenvalue weighted by Crippen LogP contribution is -2.17. The Morgan fingerprint density at radius 1 is 1.44 bits per heavy atom. The summed E-state index contributed by atoms with van der Waals surface area (Å²) >= 11 is 4.83. The quantitative estimate of drug-likeness (QED) is 0.673. The Bertz CT molecular complexity index is 595. The van der Waals surface area contributed by atoms with Gasteiger partial charge < -0.3 is 5.11 Å². The maximum absolute atomic E-state index is 11.7. The zero-order chi connectivity index (χ0) is 13.0. The third kappa shape index (κ3) is 3.18. The van der Waals surface area contributed by atoms with Crippen molar-refractivity contribution in [1.82, 2.24) is 5.43 Å². The second kappa shape index (κ2) is 5.79. The summed E-state index contributed by atoms with van der Waals surface area (Å²) in [6, 6.07) is 8.20. The van der Waals surface area contributed by atoms with E-state index in [9.17, 15) is 9.90 Å². The highest BCUT2D eigenvalue weighted by atomic mass is 79.9. The van der Waals surface area contributed by atoms with Gasteiger partial charge in [0.2, 0.25) is 0 Å². The summed E-state index contributed by atoms with van der Waals surface area (Å²) in [5.74, 6) is -0.510. The van der Waals surface area contributed by atoms with Gasteiger partial charge in [-0.2, -0.15) is 5.10 Å². The molecule has 0 radical (unpaired) electrons. The van der Waals surface area contributed by atoms with Gasteiger partial charge in [0.1, 0.15) is 5.75 Å². The largest absolute Gasteiger partial charge is 0.507 e. The summed E-state index contributed by atoms with van der Waals surface area (Å²) in [5.41, 5.74) is 2.56. The molecule has 1 heterocycles. The van der Waals surface area contributed by atoms with E-state index in [2.05, 4.69) is 26.5 Å². The maximum atomic E-state index is 11.7. The minimum absolute atomic E-state index is 0.0657. The molecule has 2 rings (SSSR count). The number of aromatic hydroxyl groups is 1. The predicted octanol–water partition coefficient (Wildman–Crippen LogP) is 2.98. The van der Waals surface area contributed by atoms with Crippen LogP contribution in [0.25, 0.3) is 0 Å². The van der Waals surface area contributed by atoms with Crippen molar-refractivity contribution in [2.45, 2.75) is 0 Å². The van der Waals surface area contributed by atoms with Crippen LogP contribution < -0.4 is 5.43 Å². The van der Waals surface area contributed by atoms with E-state index in [0.717, 1.165) is 9.35 Å². The third-order valence-electron chi connectivity index (χ3n) is 2.09. The topological polar surface area (TPSA) is 61.7 Å². The van der Waals surface area contributed by atoms with Crippen molar-refractivity contribution in [2.24, 2.45) is 5.10 Å². The number of benzene rings is 1. The maximum Gasteiger partial charge on any atom is 0.275 e. The van der Waals surface area contributed by atoms with Crippen molar-refractivity contribution < 1.29 is 9.90 Å². The van der Waals surface area contributed by atoms with E-state index in [-0.39, 0.29) is 11.3 Å². The van der Waals surface area contributed by atoms with E-state index in [1.54, 1.807) is 18.3 Å². The molecule has 18 heavy (non-hydrogen) atoms. The van der Waals surface area contributed by atoms with Crippen molar-refractivity contribution in [3.8, 4) is 5.75 Å². The Kier molecular flexibility index (Phi) is 4.11. The van der Waals surface area contributed by atoms with Gasteiger partial charge in [-0.3, -0.25) is 4.79 Å². The number of amides is 1. The molecule has 1 aromatic heterocycles. The molecule has 1 aromatic carbocycles. The Labute approximate surface area is 116 Å². The standard InChI is InChI=1S/C12H9BrN2O2S/c13-8-5-9(18-7-8)6-14-15-12(17)10-3-1-2-4-11(10)16/h1-7,16H,(H,15,17)/b14-6-. The molecule has 1 amide bonds. The molecule has 0 unspecified atom stereocenters. The number of para-hydroxylation sites is 1. The number of thiophene rings is 1. The summed E-state index contributed by atoms with van der Waals surface area (Å²) < 4.78 is 0.973. The van der Waals surface area contributed by atoms with E-state index in [1.807, 2.05) is 11.4 Å². The van der Waals surface area contributed by atoms with Crippen LogP contribution in [0.1, 0.15) is 15.2 Å². The van der Waals surface area contributed by atoms with Crippen molar-refractivity contribution in [1.29, 1.82) is 0 Å². The van der Waals surface area contributed by atoms with Gasteiger partial charge in [0.15, 0.2) is 0 Å². The molecule has 0 saturated heterocycles. The summed E-state index contributed by atoms with van der Waals surface area (Å²) in [6.07, 6.45) is 1.55. The fourth-order valence-corrected chi connectivity index (χ4v) is 2.58. The fourth-order valence-electron chi connectivity index (χ4n) is 1.28. The lowest BCUT2D eigenvalue weighted by atomic mass is 10.2. The highest BCUT2D eigenvalue weighted by Gasteiger charge is 2.08. The van der Waals surface area contributed by atoms with Crippen LogP contribution in [0.5, 0.6) is 5.75 Å². The first-order chi connectivity index (χ1) is 8.66. The summed E-state index contributed by atoms with van der Waals surface area (Å²) in [5, 5.41) is 15.2. The molecule has 0 aliphatic rings. The van der Waals surface area contributed by atoms with Gasteiger partial charge in [-0.25, -0.2) is 5.43 Å². The molecular weight excluding hydrogens is 316 g/mol. The number of nitrogens with one attached hydrogen (secondary N) is 1. The van der Waals surface area contributed by atoms with Gasteiger partial charge in [-0.1, -0.05) is 12.1 Å². The number of phenolic OH excluding ortho intramolecular Hbond substituents is 1. The number of hydrogen-bond acceptors (Lipinski definition) is 4. The van der Waals surface area contributed by atoms with Crippen molar-refractivity contribution in [2.75, 3.05) is 0 Å². The summed E-state index contributed by atoms with van der Waals surface area (Å²) in [4.78, 5) is 12.6. The van der Waals surface area contributed by atoms with E-state index < -0.39 is 5.91 Å². The van der Waals surface area contributed by atoms with E-state index in [0.29, 0.717) is 0 Å². The van der Waals surface area contributed by atoms with Gasteiger partial charge in [-0.15, -0.1) is 11.3 Å². The van der Waals surface area contributed by atoms with Crippen LogP contribution >= 0.6 is 27.3 Å². The molecule has 0 fully saturated rings. The minimum atomic E-state index is -0.444. The number of carbonyl (C=O) groups is 1. The van der Waals surface area contributed by atoms with Crippen molar-refractivity contribution in [3.05, 3.63) is 50.6 Å². The average molecular weight is 325 g/mol. The fraction of sp³-hybridized carbons (Fsp3) is 0. The Hall–Kier alpha value is -1.66. The number of carbonyl (C=O) groups excluding carboxylic acids is 1. The molecule has 0 aliphatic heterocycles. The van der Waals surface area contributed by atoms with Crippen LogP contribution in [0, 0.1) is 0 Å². The molecule has 0 bridgehead atoms. The molecule has 0 atom stereocenters. The van der Waals surface area contributed by atoms with E-state index >= 15 is 0 Å². The number of hydrogen-bond donors (Lipinski definition) is 2. The zero-order valence-electron chi connectivity index (χ0n) is 9.13. The van der Waals surface area contributed by atoms with Gasteiger partial charge in [0.25, 0.3) is 5.91 Å². The highest BCUT2D eigenvalue weighted by molar-refractivity contribution is 9.10. The van der Waals surface area contributed by atoms with Gasteiger partial charge >= 0.3 is 0 Å². The Balaban J connectivity index is 2.01. The van der Waals surface area contributed by atoms with Crippen LogP contribution in [0.3, 0.4) is 0 Å². The summed E-state index contributed by atoms with van der Waals surface area (Å²) in [7, 11) is 0. The molecule has 0 spiro atoms. The molecule has 0 aliphatic carbocycles. The zero-order valence-corrected chi connectivity index (χ0v) is 11.5. The second-order valence-corrected chi connectivity index (χ2v) is 5.24. The average Bonchev–Trinajstić information content (AvgIpc) is 2.75. The lowest BCUT2D eigenvalue weighted by molar-refractivity contribution is 0.0952. The van der Waals surface area contributed by atoms with Gasteiger partial charge in [-0.05, 0) is 34.1 Å². The molecule has 2 N–H and O–H groups in total. The smallest absolute Gasteiger partial charge is 0.275 e. The molecule has 92 valence electrons. The highest BCUT2D eigenvalue weighted by Crippen LogP contribution is 2.18. The monoisotopic (exact) mass is 324 g/mol. The molecule has 0 saturated carbocycles. The van der Waals surface area contributed by atoms with Crippen LogP contribution in [-0.2, 0) is 0 Å². The van der Waals surface area contributed by atoms with Gasteiger partial charge in [0, 0.05) is 14.7 Å². The van der Waals surface area contributed by atoms with Gasteiger partial charge in [0.05, 0.1) is 11.8 Å². The van der Waals surface area contributed by atoms with Crippen LogP contribution in [0.15, 0.2) is 45.3 Å². The molecule has 4 nitrogen and oxygen atoms in total. The Morgan fingerprint density at radius 2 is 2.22 bits per heavy atom. The molecule has 6 heteroatoms. The number of hydrazone groups is 1. The number of rotatable bonds is 3. The normalized spacial score (nSPS) is 10.7. The Morgan fingerprint density at radius 3 is 2.89 bits per heavy atom. The minimum Gasteiger partial charge on any atom is -0.507 e. The van der Waals surface area contributed by atoms with Crippen LogP contribution in [0.2, 0.25) is 0 Å². The first-order valence-corrected chi connectivity index (χ1v) is 6.69. The van der Waals surface area contributed by atoms with E-state index in [4.69, 9.17) is 0 Å². The molecular formula is C12H9BrN2O2S. The second-order valence-electron chi connectivity index (χ2n) is 3.38.